The summed E-state index contributed by atoms with van der Waals surface area (Å²) in [5, 5.41) is 0. The van der Waals surface area contributed by atoms with Crippen LogP contribution in [0.25, 0.3) is 0 Å². The molecule has 104 valence electrons. The molecular formula is C13H26N4O. The van der Waals surface area contributed by atoms with E-state index in [0.29, 0.717) is 18.1 Å². The van der Waals surface area contributed by atoms with Crippen molar-refractivity contribution < 1.29 is 4.74 Å². The van der Waals surface area contributed by atoms with Crippen LogP contribution in [0.2, 0.25) is 0 Å². The number of nitrogens with two attached hydrogens (primary N) is 1. The molecule has 2 atom stereocenters. The van der Waals surface area contributed by atoms with E-state index in [1.54, 1.807) is 0 Å². The number of likely N-dealkylation sites (N-methyl/N-ethyl adjacent to an activating group) is 1. The largest absolute Gasteiger partial charge is 0.376 e. The lowest BCUT2D eigenvalue weighted by molar-refractivity contribution is 0.0549. The van der Waals surface area contributed by atoms with E-state index < -0.39 is 0 Å². The van der Waals surface area contributed by atoms with Crippen molar-refractivity contribution in [1.29, 1.82) is 0 Å². The van der Waals surface area contributed by atoms with Crippen molar-refractivity contribution in [3.8, 4) is 0 Å². The van der Waals surface area contributed by atoms with E-state index in [1.807, 2.05) is 0 Å². The minimum absolute atomic E-state index is 0.325. The molecule has 2 N–H and O–H groups in total. The van der Waals surface area contributed by atoms with Crippen molar-refractivity contribution >= 4 is 5.96 Å². The summed E-state index contributed by atoms with van der Waals surface area (Å²) in [6, 6.07) is 0.364. The molecule has 5 nitrogen and oxygen atoms in total. The molecule has 0 saturated carbocycles. The molecule has 0 aromatic heterocycles. The van der Waals surface area contributed by atoms with Gasteiger partial charge in [0.25, 0.3) is 0 Å². The van der Waals surface area contributed by atoms with Gasteiger partial charge in [0.1, 0.15) is 0 Å². The lowest BCUT2D eigenvalue weighted by Gasteiger charge is -2.31. The standard InChI is InChI=1S/C13H26N4O/c1-3-16(4-2)7-8-17-11(10-15-13(17)14)12-6-5-9-18-12/h11-12H,3-10H2,1-2H3,(H2,14,15). The Hall–Kier alpha value is -0.810. The Morgan fingerprint density at radius 1 is 1.44 bits per heavy atom. The fraction of sp³-hybridized carbons (Fsp3) is 0.923. The van der Waals surface area contributed by atoms with E-state index in [1.165, 1.54) is 6.42 Å². The van der Waals surface area contributed by atoms with Crippen molar-refractivity contribution in [2.45, 2.75) is 38.8 Å². The number of ether oxygens (including phenoxy) is 1. The molecule has 0 bridgehead atoms. The van der Waals surface area contributed by atoms with Crippen molar-refractivity contribution in [3.05, 3.63) is 0 Å². The van der Waals surface area contributed by atoms with E-state index in [0.717, 1.165) is 45.8 Å². The number of guanidine groups is 1. The maximum atomic E-state index is 6.01. The molecule has 0 aliphatic carbocycles. The minimum atomic E-state index is 0.325. The summed E-state index contributed by atoms with van der Waals surface area (Å²) in [6.45, 7) is 10.3. The zero-order valence-corrected chi connectivity index (χ0v) is 11.6. The second kappa shape index (κ2) is 6.38. The van der Waals surface area contributed by atoms with Gasteiger partial charge >= 0.3 is 0 Å². The highest BCUT2D eigenvalue weighted by Crippen LogP contribution is 2.22. The summed E-state index contributed by atoms with van der Waals surface area (Å²) < 4.78 is 5.79. The molecule has 2 heterocycles. The molecule has 0 radical (unpaired) electrons. The maximum Gasteiger partial charge on any atom is 0.191 e. The number of rotatable bonds is 6. The van der Waals surface area contributed by atoms with Gasteiger partial charge in [0.05, 0.1) is 18.7 Å². The smallest absolute Gasteiger partial charge is 0.191 e. The summed E-state index contributed by atoms with van der Waals surface area (Å²) in [7, 11) is 0. The van der Waals surface area contributed by atoms with Gasteiger partial charge in [-0.05, 0) is 25.9 Å². The lowest BCUT2D eigenvalue weighted by Crippen LogP contribution is -2.49. The van der Waals surface area contributed by atoms with Gasteiger partial charge in [-0.3, -0.25) is 4.99 Å². The van der Waals surface area contributed by atoms with Gasteiger partial charge in [0, 0.05) is 19.7 Å². The van der Waals surface area contributed by atoms with Gasteiger partial charge in [-0.1, -0.05) is 13.8 Å². The third kappa shape index (κ3) is 2.95. The van der Waals surface area contributed by atoms with Crippen LogP contribution in [0.5, 0.6) is 0 Å². The summed E-state index contributed by atoms with van der Waals surface area (Å²) in [6.07, 6.45) is 2.65. The maximum absolute atomic E-state index is 6.01. The molecular weight excluding hydrogens is 228 g/mol. The Labute approximate surface area is 110 Å². The normalized spacial score (nSPS) is 28.2. The summed E-state index contributed by atoms with van der Waals surface area (Å²) >= 11 is 0. The molecule has 1 fully saturated rings. The van der Waals surface area contributed by atoms with Gasteiger partial charge in [0.15, 0.2) is 5.96 Å². The van der Waals surface area contributed by atoms with E-state index in [-0.39, 0.29) is 0 Å². The number of nitrogens with zero attached hydrogens (tertiary/aromatic N) is 3. The molecule has 2 unspecified atom stereocenters. The summed E-state index contributed by atoms with van der Waals surface area (Å²) in [5.41, 5.74) is 6.01. The van der Waals surface area contributed by atoms with Gasteiger partial charge in [0.2, 0.25) is 0 Å². The molecule has 1 saturated heterocycles. The highest BCUT2D eigenvalue weighted by Gasteiger charge is 2.35. The van der Waals surface area contributed by atoms with Crippen LogP contribution in [0.1, 0.15) is 26.7 Å². The number of hydrogen-bond acceptors (Lipinski definition) is 5. The Balaban J connectivity index is 1.88. The van der Waals surface area contributed by atoms with Crippen molar-refractivity contribution in [3.63, 3.8) is 0 Å². The van der Waals surface area contributed by atoms with Crippen molar-refractivity contribution in [2.75, 3.05) is 39.3 Å². The van der Waals surface area contributed by atoms with E-state index in [4.69, 9.17) is 10.5 Å². The van der Waals surface area contributed by atoms with Crippen molar-refractivity contribution in [1.82, 2.24) is 9.80 Å². The van der Waals surface area contributed by atoms with Gasteiger partial charge in [-0.2, -0.15) is 0 Å². The summed E-state index contributed by atoms with van der Waals surface area (Å²) in [5.74, 6) is 0.697. The average molecular weight is 254 g/mol. The monoisotopic (exact) mass is 254 g/mol. The second-order valence-corrected chi connectivity index (χ2v) is 5.04. The first-order valence-electron chi connectivity index (χ1n) is 7.16. The molecule has 0 spiro atoms. The number of aliphatic imine (C=N–C) groups is 1. The average Bonchev–Trinajstić information content (AvgIpc) is 3.00. The van der Waals surface area contributed by atoms with E-state index in [2.05, 4.69) is 28.6 Å². The van der Waals surface area contributed by atoms with Gasteiger partial charge < -0.3 is 20.3 Å². The van der Waals surface area contributed by atoms with Crippen LogP contribution in [0.3, 0.4) is 0 Å². The first kappa shape index (κ1) is 13.6. The Bertz CT molecular complexity index is 285. The minimum Gasteiger partial charge on any atom is -0.376 e. The topological polar surface area (TPSA) is 54.1 Å². The van der Waals surface area contributed by atoms with Crippen LogP contribution in [0.15, 0.2) is 4.99 Å². The third-order valence-electron chi connectivity index (χ3n) is 4.08. The molecule has 0 amide bonds. The number of hydrogen-bond donors (Lipinski definition) is 1. The van der Waals surface area contributed by atoms with Crippen molar-refractivity contribution in [2.24, 2.45) is 10.7 Å². The van der Waals surface area contributed by atoms with Crippen LogP contribution in [0.4, 0.5) is 0 Å². The van der Waals surface area contributed by atoms with E-state index >= 15 is 0 Å². The Morgan fingerprint density at radius 3 is 2.83 bits per heavy atom. The lowest BCUT2D eigenvalue weighted by atomic mass is 10.1. The zero-order chi connectivity index (χ0) is 13.0. The first-order valence-corrected chi connectivity index (χ1v) is 7.16. The Morgan fingerprint density at radius 2 is 2.22 bits per heavy atom. The van der Waals surface area contributed by atoms with Gasteiger partial charge in [-0.15, -0.1) is 0 Å². The van der Waals surface area contributed by atoms with Gasteiger partial charge in [-0.25, -0.2) is 0 Å². The fourth-order valence-electron chi connectivity index (χ4n) is 2.84. The quantitative estimate of drug-likeness (QED) is 0.750. The molecule has 5 heteroatoms. The van der Waals surface area contributed by atoms with E-state index in [9.17, 15) is 0 Å². The SMILES string of the molecule is CCN(CC)CCN1C(N)=NCC1C1CCCO1. The fourth-order valence-corrected chi connectivity index (χ4v) is 2.84. The molecule has 18 heavy (non-hydrogen) atoms. The van der Waals surface area contributed by atoms with Crippen LogP contribution >= 0.6 is 0 Å². The zero-order valence-electron chi connectivity index (χ0n) is 11.6. The molecule has 0 aromatic carbocycles. The first-order chi connectivity index (χ1) is 8.76. The second-order valence-electron chi connectivity index (χ2n) is 5.04. The van der Waals surface area contributed by atoms with Crippen LogP contribution in [0, 0.1) is 0 Å². The molecule has 2 rings (SSSR count). The molecule has 0 aromatic rings. The molecule has 2 aliphatic rings. The van der Waals surface area contributed by atoms with Crippen LogP contribution in [-0.2, 0) is 4.74 Å². The summed E-state index contributed by atoms with van der Waals surface area (Å²) in [4.78, 5) is 9.05. The van der Waals surface area contributed by atoms with Crippen LogP contribution in [-0.4, -0.2) is 67.2 Å². The highest BCUT2D eigenvalue weighted by molar-refractivity contribution is 5.80. The predicted molar refractivity (Wildman–Crippen MR) is 73.7 cm³/mol. The van der Waals surface area contributed by atoms with Crippen LogP contribution < -0.4 is 5.73 Å². The molecule has 2 aliphatic heterocycles. The highest BCUT2D eigenvalue weighted by atomic mass is 16.5. The predicted octanol–water partition coefficient (Wildman–Crippen LogP) is 0.506. The third-order valence-corrected chi connectivity index (χ3v) is 4.08. The Kier molecular flexibility index (Phi) is 4.83.